The molecule has 0 bridgehead atoms. The Labute approximate surface area is 106 Å². The number of carbonyl (C=O) groups excluding carboxylic acids is 1. The summed E-state index contributed by atoms with van der Waals surface area (Å²) in [6.07, 6.45) is 1.51. The van der Waals surface area contributed by atoms with Crippen LogP contribution in [-0.2, 0) is 9.53 Å². The van der Waals surface area contributed by atoms with E-state index >= 15 is 0 Å². The molecule has 15 heavy (non-hydrogen) atoms. The van der Waals surface area contributed by atoms with Gasteiger partial charge in [0, 0.05) is 12.3 Å². The van der Waals surface area contributed by atoms with Crippen molar-refractivity contribution in [3.63, 3.8) is 0 Å². The molecule has 6 heteroatoms. The van der Waals surface area contributed by atoms with Crippen molar-refractivity contribution in [2.75, 3.05) is 13.2 Å². The lowest BCUT2D eigenvalue weighted by atomic mass is 10.4. The van der Waals surface area contributed by atoms with Crippen molar-refractivity contribution in [2.45, 2.75) is 6.92 Å². The van der Waals surface area contributed by atoms with Gasteiger partial charge in [-0.05, 0) is 29.5 Å². The van der Waals surface area contributed by atoms with Gasteiger partial charge >= 0.3 is 5.97 Å². The summed E-state index contributed by atoms with van der Waals surface area (Å²) in [6, 6.07) is 1.61. The van der Waals surface area contributed by atoms with Crippen molar-refractivity contribution in [3.8, 4) is 5.75 Å². The van der Waals surface area contributed by atoms with E-state index in [4.69, 9.17) is 21.1 Å². The third kappa shape index (κ3) is 4.21. The van der Waals surface area contributed by atoms with Gasteiger partial charge in [-0.3, -0.25) is 0 Å². The third-order valence-electron chi connectivity index (χ3n) is 1.42. The smallest absolute Gasteiger partial charge is 0.344 e. The Hall–Kier alpha value is -0.560. The average Bonchev–Trinajstić information content (AvgIpc) is 2.20. The molecule has 1 heterocycles. The van der Waals surface area contributed by atoms with E-state index in [-0.39, 0.29) is 6.61 Å². The predicted octanol–water partition coefficient (Wildman–Crippen LogP) is 2.28. The number of carbonyl (C=O) groups is 1. The molecule has 0 atom stereocenters. The normalized spacial score (nSPS) is 9.80. The van der Waals surface area contributed by atoms with Crippen molar-refractivity contribution < 1.29 is 14.3 Å². The minimum absolute atomic E-state index is 0.133. The molecule has 0 saturated carbocycles. The summed E-state index contributed by atoms with van der Waals surface area (Å²) in [6.45, 7) is 1.95. The van der Waals surface area contributed by atoms with Gasteiger partial charge in [-0.1, -0.05) is 11.6 Å². The van der Waals surface area contributed by atoms with Crippen LogP contribution >= 0.6 is 34.2 Å². The SMILES string of the molecule is CCOC(=O)COc1cc(Cl)cnc1I. The summed E-state index contributed by atoms with van der Waals surface area (Å²) in [7, 11) is 0. The summed E-state index contributed by atoms with van der Waals surface area (Å²) in [5.41, 5.74) is 0. The maximum absolute atomic E-state index is 11.0. The number of rotatable bonds is 4. The highest BCUT2D eigenvalue weighted by Gasteiger charge is 2.07. The van der Waals surface area contributed by atoms with E-state index in [0.29, 0.717) is 21.1 Å². The van der Waals surface area contributed by atoms with Gasteiger partial charge < -0.3 is 9.47 Å². The van der Waals surface area contributed by atoms with Crippen LogP contribution in [0, 0.1) is 3.70 Å². The molecule has 1 aromatic rings. The first kappa shape index (κ1) is 12.5. The van der Waals surface area contributed by atoms with Gasteiger partial charge in [-0.2, -0.15) is 0 Å². The monoisotopic (exact) mass is 341 g/mol. The highest BCUT2D eigenvalue weighted by molar-refractivity contribution is 14.1. The number of ether oxygens (including phenoxy) is 2. The van der Waals surface area contributed by atoms with Gasteiger partial charge in [0.1, 0.15) is 3.70 Å². The van der Waals surface area contributed by atoms with E-state index in [2.05, 4.69) is 4.98 Å². The molecular weight excluding hydrogens is 332 g/mol. The molecule has 0 aliphatic heterocycles. The van der Waals surface area contributed by atoms with Gasteiger partial charge in [-0.25, -0.2) is 9.78 Å². The van der Waals surface area contributed by atoms with E-state index in [1.165, 1.54) is 6.20 Å². The summed E-state index contributed by atoms with van der Waals surface area (Å²) in [4.78, 5) is 15.0. The summed E-state index contributed by atoms with van der Waals surface area (Å²) >= 11 is 7.73. The molecule has 0 saturated heterocycles. The summed E-state index contributed by atoms with van der Waals surface area (Å²) in [5, 5.41) is 0.467. The fourth-order valence-corrected chi connectivity index (χ4v) is 1.44. The number of hydrogen-bond acceptors (Lipinski definition) is 4. The summed E-state index contributed by atoms with van der Waals surface area (Å²) in [5.74, 6) is 0.0735. The van der Waals surface area contributed by atoms with E-state index in [1.54, 1.807) is 13.0 Å². The maximum Gasteiger partial charge on any atom is 0.344 e. The van der Waals surface area contributed by atoms with Crippen LogP contribution < -0.4 is 4.74 Å². The Morgan fingerprint density at radius 2 is 2.40 bits per heavy atom. The first-order valence-corrected chi connectivity index (χ1v) is 5.68. The van der Waals surface area contributed by atoms with Crippen molar-refractivity contribution in [3.05, 3.63) is 21.0 Å². The van der Waals surface area contributed by atoms with Crippen LogP contribution in [0.25, 0.3) is 0 Å². The van der Waals surface area contributed by atoms with Crippen LogP contribution in [0.3, 0.4) is 0 Å². The highest BCUT2D eigenvalue weighted by atomic mass is 127. The molecule has 0 amide bonds. The highest BCUT2D eigenvalue weighted by Crippen LogP contribution is 2.22. The fourth-order valence-electron chi connectivity index (χ4n) is 0.845. The van der Waals surface area contributed by atoms with Crippen molar-refractivity contribution in [1.82, 2.24) is 4.98 Å². The molecule has 0 fully saturated rings. The Balaban J connectivity index is 2.57. The largest absolute Gasteiger partial charge is 0.479 e. The standard InChI is InChI=1S/C9H9ClINO3/c1-2-14-8(13)5-15-7-3-6(10)4-12-9(7)11/h3-4H,2,5H2,1H3. The van der Waals surface area contributed by atoms with Crippen molar-refractivity contribution in [2.24, 2.45) is 0 Å². The Kier molecular flexibility index (Phi) is 5.10. The molecule has 0 aromatic carbocycles. The number of halogens is 2. The average molecular weight is 342 g/mol. The van der Waals surface area contributed by atoms with E-state index in [9.17, 15) is 4.79 Å². The zero-order chi connectivity index (χ0) is 11.3. The fraction of sp³-hybridized carbons (Fsp3) is 0.333. The predicted molar refractivity (Wildman–Crippen MR) is 64.1 cm³/mol. The van der Waals surface area contributed by atoms with Gasteiger partial charge in [0.25, 0.3) is 0 Å². The van der Waals surface area contributed by atoms with Gasteiger partial charge in [0.05, 0.1) is 11.6 Å². The lowest BCUT2D eigenvalue weighted by Crippen LogP contribution is -2.15. The number of esters is 1. The lowest BCUT2D eigenvalue weighted by molar-refractivity contribution is -0.145. The van der Waals surface area contributed by atoms with Crippen LogP contribution in [0.15, 0.2) is 12.3 Å². The molecule has 82 valence electrons. The van der Waals surface area contributed by atoms with Gasteiger partial charge in [0.2, 0.25) is 0 Å². The van der Waals surface area contributed by atoms with E-state index in [1.807, 2.05) is 22.6 Å². The van der Waals surface area contributed by atoms with Crippen molar-refractivity contribution >= 4 is 40.2 Å². The molecule has 4 nitrogen and oxygen atoms in total. The second-order valence-electron chi connectivity index (χ2n) is 2.54. The summed E-state index contributed by atoms with van der Waals surface area (Å²) < 4.78 is 10.6. The zero-order valence-corrected chi connectivity index (χ0v) is 10.9. The molecule has 0 radical (unpaired) electrons. The molecule has 0 spiro atoms. The molecule has 1 rings (SSSR count). The molecule has 0 N–H and O–H groups in total. The van der Waals surface area contributed by atoms with Crippen LogP contribution in [0.2, 0.25) is 5.02 Å². The van der Waals surface area contributed by atoms with E-state index in [0.717, 1.165) is 0 Å². The second-order valence-corrected chi connectivity index (χ2v) is 3.99. The number of aromatic nitrogens is 1. The number of pyridine rings is 1. The Morgan fingerprint density at radius 1 is 1.67 bits per heavy atom. The van der Waals surface area contributed by atoms with Crippen LogP contribution in [0.5, 0.6) is 5.75 Å². The van der Waals surface area contributed by atoms with Crippen molar-refractivity contribution in [1.29, 1.82) is 0 Å². The first-order valence-electron chi connectivity index (χ1n) is 4.23. The van der Waals surface area contributed by atoms with Gasteiger partial charge in [0.15, 0.2) is 12.4 Å². The van der Waals surface area contributed by atoms with Crippen LogP contribution in [-0.4, -0.2) is 24.2 Å². The first-order chi connectivity index (χ1) is 7.13. The molecular formula is C9H9ClINO3. The van der Waals surface area contributed by atoms with Crippen LogP contribution in [0.4, 0.5) is 0 Å². The molecule has 1 aromatic heterocycles. The molecule has 0 aliphatic carbocycles. The molecule has 0 aliphatic rings. The Bertz CT molecular complexity index is 359. The molecule has 0 unspecified atom stereocenters. The topological polar surface area (TPSA) is 48.4 Å². The lowest BCUT2D eigenvalue weighted by Gasteiger charge is -2.06. The minimum atomic E-state index is -0.409. The number of nitrogens with zero attached hydrogens (tertiary/aromatic N) is 1. The number of hydrogen-bond donors (Lipinski definition) is 0. The van der Waals surface area contributed by atoms with Gasteiger partial charge in [-0.15, -0.1) is 0 Å². The minimum Gasteiger partial charge on any atom is -0.479 e. The maximum atomic E-state index is 11.0. The second kappa shape index (κ2) is 6.12. The third-order valence-corrected chi connectivity index (χ3v) is 2.44. The van der Waals surface area contributed by atoms with Crippen LogP contribution in [0.1, 0.15) is 6.92 Å². The quantitative estimate of drug-likeness (QED) is 0.479. The van der Waals surface area contributed by atoms with E-state index < -0.39 is 5.97 Å². The Morgan fingerprint density at radius 3 is 3.07 bits per heavy atom. The zero-order valence-electron chi connectivity index (χ0n) is 8.00.